The molecule has 0 aromatic heterocycles. The molecule has 3 nitrogen and oxygen atoms in total. The normalized spacial score (nSPS) is 11.1. The zero-order chi connectivity index (χ0) is 34.1. The van der Waals surface area contributed by atoms with Crippen LogP contribution in [-0.4, -0.2) is 5.97 Å². The molecule has 7 aromatic carbocycles. The third-order valence-corrected chi connectivity index (χ3v) is 8.56. The molecule has 0 aliphatic heterocycles. The summed E-state index contributed by atoms with van der Waals surface area (Å²) in [5, 5.41) is 0. The molecule has 0 saturated carbocycles. The predicted molar refractivity (Wildman–Crippen MR) is 208 cm³/mol. The van der Waals surface area contributed by atoms with Crippen LogP contribution in [-0.2, 0) is 4.79 Å². The van der Waals surface area contributed by atoms with E-state index in [9.17, 15) is 4.79 Å². The first kappa shape index (κ1) is 31.9. The Morgan fingerprint density at radius 1 is 0.460 bits per heavy atom. The van der Waals surface area contributed by atoms with Crippen LogP contribution >= 0.6 is 0 Å². The summed E-state index contributed by atoms with van der Waals surface area (Å²) in [6, 6.07) is 64.9. The van der Waals surface area contributed by atoms with Crippen molar-refractivity contribution in [2.75, 3.05) is 4.90 Å². The molecule has 0 aliphatic carbocycles. The molecule has 0 N–H and O–H groups in total. The molecule has 0 atom stereocenters. The highest BCUT2D eigenvalue weighted by Gasteiger charge is 2.14. The Kier molecular flexibility index (Phi) is 9.57. The van der Waals surface area contributed by atoms with E-state index in [1.54, 1.807) is 12.1 Å². The van der Waals surface area contributed by atoms with Gasteiger partial charge in [0.15, 0.2) is 0 Å². The van der Waals surface area contributed by atoms with Crippen LogP contribution in [0.2, 0.25) is 0 Å². The number of carbonyl (C=O) groups is 1. The number of hydrogen-bond acceptors (Lipinski definition) is 3. The predicted octanol–water partition coefficient (Wildman–Crippen LogP) is 12.2. The maximum Gasteiger partial charge on any atom is 0.335 e. The smallest absolute Gasteiger partial charge is 0.335 e. The fourth-order valence-corrected chi connectivity index (χ4v) is 6.01. The second-order valence-electron chi connectivity index (χ2n) is 11.8. The van der Waals surface area contributed by atoms with Gasteiger partial charge in [-0.05, 0) is 99.1 Å². The number of anilines is 3. The molecule has 7 rings (SSSR count). The number of hydrogen-bond donors (Lipinski definition) is 0. The second kappa shape index (κ2) is 15.0. The number of esters is 1. The maximum absolute atomic E-state index is 11.7. The number of ether oxygens (including phenoxy) is 1. The zero-order valence-corrected chi connectivity index (χ0v) is 27.5. The van der Waals surface area contributed by atoms with Gasteiger partial charge >= 0.3 is 5.97 Å². The first-order valence-corrected chi connectivity index (χ1v) is 16.6. The average Bonchev–Trinajstić information content (AvgIpc) is 3.19. The summed E-state index contributed by atoms with van der Waals surface area (Å²) >= 11 is 0. The largest absolute Gasteiger partial charge is 0.423 e. The lowest BCUT2D eigenvalue weighted by Gasteiger charge is -2.26. The highest BCUT2D eigenvalue weighted by atomic mass is 16.5. The van der Waals surface area contributed by atoms with Gasteiger partial charge in [-0.3, -0.25) is 0 Å². The SMILES string of the molecule is C=CC(=O)Oc1ccc(C(=Cc2ccc(N(c3ccc(-c4ccccc4)cc3)c3ccc(-c4ccccc4)cc3)cc2)c2ccccc2)cc1. The lowest BCUT2D eigenvalue weighted by Crippen LogP contribution is -2.09. The molecule has 0 aliphatic rings. The van der Waals surface area contributed by atoms with Crippen LogP contribution in [0.15, 0.2) is 201 Å². The molecule has 0 fully saturated rings. The Morgan fingerprint density at radius 3 is 1.32 bits per heavy atom. The first-order chi connectivity index (χ1) is 24.6. The fourth-order valence-electron chi connectivity index (χ4n) is 6.01. The molecule has 0 amide bonds. The number of nitrogens with zero attached hydrogens (tertiary/aromatic N) is 1. The van der Waals surface area contributed by atoms with Gasteiger partial charge in [0.25, 0.3) is 0 Å². The van der Waals surface area contributed by atoms with Gasteiger partial charge in [0.1, 0.15) is 5.75 Å². The summed E-state index contributed by atoms with van der Waals surface area (Å²) in [5.41, 5.74) is 12.2. The standard InChI is InChI=1S/C47H35NO2/c1-2-47(49)50-45-32-24-41(25-33-45)46(40-16-10-5-11-17-40)34-35-18-26-42(27-19-35)48(43-28-20-38(21-29-43)36-12-6-3-7-13-36)44-30-22-39(23-31-44)37-14-8-4-9-15-37/h2-34H,1H2. The Morgan fingerprint density at radius 2 is 0.860 bits per heavy atom. The fraction of sp³-hybridized carbons (Fsp3) is 0. The summed E-state index contributed by atoms with van der Waals surface area (Å²) in [4.78, 5) is 14.0. The summed E-state index contributed by atoms with van der Waals surface area (Å²) in [7, 11) is 0. The van der Waals surface area contributed by atoms with Crippen LogP contribution in [0.5, 0.6) is 5.75 Å². The Bertz CT molecular complexity index is 2120. The van der Waals surface area contributed by atoms with Crippen molar-refractivity contribution in [3.8, 4) is 28.0 Å². The maximum atomic E-state index is 11.7. The number of carbonyl (C=O) groups excluding carboxylic acids is 1. The molecule has 3 heteroatoms. The lowest BCUT2D eigenvalue weighted by atomic mass is 9.95. The number of benzene rings is 7. The van der Waals surface area contributed by atoms with Gasteiger partial charge in [-0.2, -0.15) is 0 Å². The minimum atomic E-state index is -0.481. The van der Waals surface area contributed by atoms with Gasteiger partial charge in [0, 0.05) is 23.1 Å². The quantitative estimate of drug-likeness (QED) is 0.0641. The summed E-state index contributed by atoms with van der Waals surface area (Å²) in [5.74, 6) is -0.00547. The molecular weight excluding hydrogens is 611 g/mol. The van der Waals surface area contributed by atoms with Crippen molar-refractivity contribution in [3.05, 3.63) is 217 Å². The second-order valence-corrected chi connectivity index (χ2v) is 11.8. The molecule has 0 unspecified atom stereocenters. The van der Waals surface area contributed by atoms with Crippen LogP contribution in [0.4, 0.5) is 17.1 Å². The van der Waals surface area contributed by atoms with Crippen molar-refractivity contribution in [1.29, 1.82) is 0 Å². The lowest BCUT2D eigenvalue weighted by molar-refractivity contribution is -0.128. The van der Waals surface area contributed by atoms with Crippen LogP contribution in [0, 0.1) is 0 Å². The molecular formula is C47H35NO2. The highest BCUT2D eigenvalue weighted by Crippen LogP contribution is 2.37. The molecule has 0 spiro atoms. The van der Waals surface area contributed by atoms with E-state index in [1.165, 1.54) is 22.3 Å². The molecule has 0 radical (unpaired) electrons. The third kappa shape index (κ3) is 7.38. The van der Waals surface area contributed by atoms with Crippen LogP contribution in [0.1, 0.15) is 16.7 Å². The van der Waals surface area contributed by atoms with E-state index >= 15 is 0 Å². The van der Waals surface area contributed by atoms with Crippen molar-refractivity contribution in [2.45, 2.75) is 0 Å². The summed E-state index contributed by atoms with van der Waals surface area (Å²) < 4.78 is 5.31. The minimum absolute atomic E-state index is 0.476. The van der Waals surface area contributed by atoms with Gasteiger partial charge in [0.05, 0.1) is 0 Å². The van der Waals surface area contributed by atoms with Gasteiger partial charge in [0.2, 0.25) is 0 Å². The van der Waals surface area contributed by atoms with Crippen molar-refractivity contribution in [1.82, 2.24) is 0 Å². The van der Waals surface area contributed by atoms with Crippen LogP contribution < -0.4 is 9.64 Å². The van der Waals surface area contributed by atoms with Crippen molar-refractivity contribution >= 4 is 34.7 Å². The first-order valence-electron chi connectivity index (χ1n) is 16.6. The molecule has 7 aromatic rings. The van der Waals surface area contributed by atoms with Gasteiger partial charge in [-0.1, -0.05) is 146 Å². The van der Waals surface area contributed by atoms with E-state index in [-0.39, 0.29) is 0 Å². The van der Waals surface area contributed by atoms with Crippen molar-refractivity contribution in [3.63, 3.8) is 0 Å². The number of rotatable bonds is 10. The van der Waals surface area contributed by atoms with Gasteiger partial charge in [-0.15, -0.1) is 0 Å². The van der Waals surface area contributed by atoms with Crippen LogP contribution in [0.3, 0.4) is 0 Å². The molecule has 0 saturated heterocycles. The monoisotopic (exact) mass is 645 g/mol. The Balaban J connectivity index is 1.24. The average molecular weight is 646 g/mol. The molecule has 240 valence electrons. The van der Waals surface area contributed by atoms with Gasteiger partial charge in [-0.25, -0.2) is 4.79 Å². The van der Waals surface area contributed by atoms with Crippen molar-refractivity contribution in [2.24, 2.45) is 0 Å². The third-order valence-electron chi connectivity index (χ3n) is 8.56. The molecule has 0 heterocycles. The minimum Gasteiger partial charge on any atom is -0.423 e. The van der Waals surface area contributed by atoms with E-state index in [0.29, 0.717) is 5.75 Å². The summed E-state index contributed by atoms with van der Waals surface area (Å²) in [6.45, 7) is 3.48. The summed E-state index contributed by atoms with van der Waals surface area (Å²) in [6.07, 6.45) is 3.35. The Hall–Kier alpha value is -6.71. The zero-order valence-electron chi connectivity index (χ0n) is 27.5. The van der Waals surface area contributed by atoms with E-state index < -0.39 is 5.97 Å². The van der Waals surface area contributed by atoms with Crippen molar-refractivity contribution < 1.29 is 9.53 Å². The van der Waals surface area contributed by atoms with Crippen LogP contribution in [0.25, 0.3) is 33.9 Å². The van der Waals surface area contributed by atoms with E-state index in [1.807, 2.05) is 42.5 Å². The van der Waals surface area contributed by atoms with Gasteiger partial charge < -0.3 is 9.64 Å². The Labute approximate surface area is 293 Å². The molecule has 50 heavy (non-hydrogen) atoms. The highest BCUT2D eigenvalue weighted by molar-refractivity contribution is 5.92. The molecule has 0 bridgehead atoms. The van der Waals surface area contributed by atoms with E-state index in [4.69, 9.17) is 4.74 Å². The van der Waals surface area contributed by atoms with E-state index in [0.717, 1.165) is 45.4 Å². The van der Waals surface area contributed by atoms with E-state index in [2.05, 4.69) is 151 Å². The topological polar surface area (TPSA) is 29.5 Å².